The molecule has 1 aliphatic heterocycles. The number of hydrogen-bond donors (Lipinski definition) is 1. The van der Waals surface area contributed by atoms with Crippen LogP contribution in [0.4, 0.5) is 0 Å². The average molecular weight is 288 g/mol. The SMILES string of the molecule is CC(=O)[C@@H]1CNCCO[C@H]1c1ccc(Cl)c(Cl)c1. The van der Waals surface area contributed by atoms with Gasteiger partial charge in [-0.05, 0) is 24.6 Å². The van der Waals surface area contributed by atoms with Crippen molar-refractivity contribution < 1.29 is 9.53 Å². The summed E-state index contributed by atoms with van der Waals surface area (Å²) in [5.41, 5.74) is 0.897. The Bertz CT molecular complexity index is 451. The monoisotopic (exact) mass is 287 g/mol. The minimum Gasteiger partial charge on any atom is -0.371 e. The zero-order chi connectivity index (χ0) is 13.1. The van der Waals surface area contributed by atoms with Gasteiger partial charge in [0.05, 0.1) is 28.7 Å². The summed E-state index contributed by atoms with van der Waals surface area (Å²) in [6.07, 6.45) is -0.257. The molecule has 2 atom stereocenters. The maximum atomic E-state index is 11.7. The van der Waals surface area contributed by atoms with Crippen LogP contribution in [0.15, 0.2) is 18.2 Å². The Morgan fingerprint density at radius 1 is 1.39 bits per heavy atom. The lowest BCUT2D eigenvalue weighted by atomic mass is 9.92. The van der Waals surface area contributed by atoms with Crippen LogP contribution in [-0.2, 0) is 9.53 Å². The first-order chi connectivity index (χ1) is 8.59. The number of ether oxygens (including phenoxy) is 1. The highest BCUT2D eigenvalue weighted by Gasteiger charge is 2.29. The van der Waals surface area contributed by atoms with Gasteiger partial charge in [0.15, 0.2) is 0 Å². The van der Waals surface area contributed by atoms with Crippen LogP contribution in [0, 0.1) is 5.92 Å². The molecule has 18 heavy (non-hydrogen) atoms. The van der Waals surface area contributed by atoms with Gasteiger partial charge >= 0.3 is 0 Å². The lowest BCUT2D eigenvalue weighted by molar-refractivity contribution is -0.125. The molecule has 3 nitrogen and oxygen atoms in total. The molecule has 0 aliphatic carbocycles. The number of carbonyl (C=O) groups excluding carboxylic acids is 1. The number of carbonyl (C=O) groups is 1. The van der Waals surface area contributed by atoms with E-state index in [0.717, 1.165) is 12.1 Å². The zero-order valence-corrected chi connectivity index (χ0v) is 11.6. The molecular weight excluding hydrogens is 273 g/mol. The van der Waals surface area contributed by atoms with Crippen LogP contribution in [0.3, 0.4) is 0 Å². The molecule has 1 heterocycles. The molecule has 1 saturated heterocycles. The van der Waals surface area contributed by atoms with E-state index >= 15 is 0 Å². The van der Waals surface area contributed by atoms with E-state index < -0.39 is 0 Å². The summed E-state index contributed by atoms with van der Waals surface area (Å²) in [6, 6.07) is 5.37. The Morgan fingerprint density at radius 3 is 2.83 bits per heavy atom. The summed E-state index contributed by atoms with van der Waals surface area (Å²) in [5.74, 6) is -0.0785. The third-order valence-corrected chi connectivity index (χ3v) is 3.84. The van der Waals surface area contributed by atoms with Crippen LogP contribution in [-0.4, -0.2) is 25.5 Å². The Hall–Kier alpha value is -0.610. The fourth-order valence-electron chi connectivity index (χ4n) is 2.11. The minimum atomic E-state index is -0.257. The molecule has 5 heteroatoms. The van der Waals surface area contributed by atoms with Crippen LogP contribution in [0.25, 0.3) is 0 Å². The summed E-state index contributed by atoms with van der Waals surface area (Å²) in [5, 5.41) is 4.19. The number of Topliss-reactive ketones (excluding diaryl/α,β-unsaturated/α-hetero) is 1. The Kier molecular flexibility index (Phi) is 4.62. The van der Waals surface area contributed by atoms with Gasteiger partial charge in [-0.3, -0.25) is 4.79 Å². The van der Waals surface area contributed by atoms with Crippen molar-refractivity contribution in [2.75, 3.05) is 19.7 Å². The van der Waals surface area contributed by atoms with Gasteiger partial charge in [0.25, 0.3) is 0 Å². The van der Waals surface area contributed by atoms with E-state index in [9.17, 15) is 4.79 Å². The van der Waals surface area contributed by atoms with E-state index in [1.165, 1.54) is 0 Å². The normalized spacial score (nSPS) is 24.6. The van der Waals surface area contributed by atoms with E-state index in [2.05, 4.69) is 5.32 Å². The van der Waals surface area contributed by atoms with Crippen LogP contribution in [0.2, 0.25) is 10.0 Å². The van der Waals surface area contributed by atoms with Gasteiger partial charge in [-0.15, -0.1) is 0 Å². The molecule has 2 rings (SSSR count). The standard InChI is InChI=1S/C13H15Cl2NO2/c1-8(17)10-7-16-4-5-18-13(10)9-2-3-11(14)12(15)6-9/h2-3,6,10,13,16H,4-5,7H2,1H3/t10-,13-/m0/s1. The molecule has 98 valence electrons. The van der Waals surface area contributed by atoms with Gasteiger partial charge in [-0.1, -0.05) is 29.3 Å². The third kappa shape index (κ3) is 3.04. The highest BCUT2D eigenvalue weighted by molar-refractivity contribution is 6.42. The van der Waals surface area contributed by atoms with Crippen LogP contribution in [0.1, 0.15) is 18.6 Å². The maximum absolute atomic E-state index is 11.7. The predicted octanol–water partition coefficient (Wildman–Crippen LogP) is 2.86. The Labute approximate surface area is 116 Å². The molecule has 0 amide bonds. The average Bonchev–Trinajstić information content (AvgIpc) is 2.58. The summed E-state index contributed by atoms with van der Waals surface area (Å²) < 4.78 is 5.77. The summed E-state index contributed by atoms with van der Waals surface area (Å²) in [6.45, 7) is 3.54. The minimum absolute atomic E-state index is 0.112. The second-order valence-corrected chi connectivity index (χ2v) is 5.20. The number of nitrogens with one attached hydrogen (secondary N) is 1. The smallest absolute Gasteiger partial charge is 0.137 e. The second kappa shape index (κ2) is 6.02. The molecule has 0 radical (unpaired) electrons. The van der Waals surface area contributed by atoms with Crippen molar-refractivity contribution in [3.8, 4) is 0 Å². The number of benzene rings is 1. The first kappa shape index (κ1) is 13.8. The molecule has 0 bridgehead atoms. The summed E-state index contributed by atoms with van der Waals surface area (Å²) >= 11 is 11.9. The molecule has 0 saturated carbocycles. The molecule has 1 aromatic rings. The highest BCUT2D eigenvalue weighted by atomic mass is 35.5. The molecule has 0 spiro atoms. The molecule has 0 unspecified atom stereocenters. The van der Waals surface area contributed by atoms with Gasteiger partial charge in [0.2, 0.25) is 0 Å². The van der Waals surface area contributed by atoms with Crippen molar-refractivity contribution in [2.45, 2.75) is 13.0 Å². The molecule has 1 aromatic carbocycles. The van der Waals surface area contributed by atoms with E-state index in [4.69, 9.17) is 27.9 Å². The van der Waals surface area contributed by atoms with Gasteiger partial charge in [0, 0.05) is 13.1 Å². The van der Waals surface area contributed by atoms with Crippen LogP contribution >= 0.6 is 23.2 Å². The third-order valence-electron chi connectivity index (χ3n) is 3.10. The van der Waals surface area contributed by atoms with Crippen molar-refractivity contribution >= 4 is 29.0 Å². The number of rotatable bonds is 2. The van der Waals surface area contributed by atoms with Crippen molar-refractivity contribution in [1.29, 1.82) is 0 Å². The number of hydrogen-bond acceptors (Lipinski definition) is 3. The maximum Gasteiger partial charge on any atom is 0.137 e. The number of ketones is 1. The van der Waals surface area contributed by atoms with E-state index in [1.54, 1.807) is 19.1 Å². The molecule has 1 N–H and O–H groups in total. The van der Waals surface area contributed by atoms with Crippen LogP contribution in [0.5, 0.6) is 0 Å². The Morgan fingerprint density at radius 2 is 2.17 bits per heavy atom. The van der Waals surface area contributed by atoms with Gasteiger partial charge in [-0.25, -0.2) is 0 Å². The van der Waals surface area contributed by atoms with Gasteiger partial charge in [0.1, 0.15) is 5.78 Å². The van der Waals surface area contributed by atoms with Crippen LogP contribution < -0.4 is 5.32 Å². The molecule has 1 aliphatic rings. The Balaban J connectivity index is 2.31. The van der Waals surface area contributed by atoms with E-state index in [-0.39, 0.29) is 17.8 Å². The molecule has 1 fully saturated rings. The lowest BCUT2D eigenvalue weighted by Gasteiger charge is -2.23. The van der Waals surface area contributed by atoms with E-state index in [0.29, 0.717) is 23.2 Å². The van der Waals surface area contributed by atoms with Crippen molar-refractivity contribution in [1.82, 2.24) is 5.32 Å². The molecule has 0 aromatic heterocycles. The second-order valence-electron chi connectivity index (χ2n) is 4.39. The quantitative estimate of drug-likeness (QED) is 0.909. The highest BCUT2D eigenvalue weighted by Crippen LogP contribution is 2.32. The van der Waals surface area contributed by atoms with Gasteiger partial charge in [-0.2, -0.15) is 0 Å². The number of halogens is 2. The first-order valence-electron chi connectivity index (χ1n) is 5.87. The van der Waals surface area contributed by atoms with E-state index in [1.807, 2.05) is 6.07 Å². The largest absolute Gasteiger partial charge is 0.371 e. The topological polar surface area (TPSA) is 38.3 Å². The fourth-order valence-corrected chi connectivity index (χ4v) is 2.42. The summed E-state index contributed by atoms with van der Waals surface area (Å²) in [7, 11) is 0. The lowest BCUT2D eigenvalue weighted by Crippen LogP contribution is -2.29. The first-order valence-corrected chi connectivity index (χ1v) is 6.63. The van der Waals surface area contributed by atoms with Crippen molar-refractivity contribution in [2.24, 2.45) is 5.92 Å². The summed E-state index contributed by atoms with van der Waals surface area (Å²) in [4.78, 5) is 11.7. The van der Waals surface area contributed by atoms with Crippen molar-refractivity contribution in [3.05, 3.63) is 33.8 Å². The van der Waals surface area contributed by atoms with Crippen molar-refractivity contribution in [3.63, 3.8) is 0 Å². The zero-order valence-electron chi connectivity index (χ0n) is 10.1. The predicted molar refractivity (Wildman–Crippen MR) is 72.2 cm³/mol. The fraction of sp³-hybridized carbons (Fsp3) is 0.462. The van der Waals surface area contributed by atoms with Gasteiger partial charge < -0.3 is 10.1 Å². The molecular formula is C13H15Cl2NO2.